The van der Waals surface area contributed by atoms with E-state index in [0.29, 0.717) is 6.54 Å². The van der Waals surface area contributed by atoms with E-state index >= 15 is 0 Å². The molecule has 0 spiro atoms. The van der Waals surface area contributed by atoms with E-state index in [1.54, 1.807) is 30.1 Å². The highest BCUT2D eigenvalue weighted by atomic mass is 32.1. The van der Waals surface area contributed by atoms with E-state index in [4.69, 9.17) is 4.98 Å². The fourth-order valence-electron chi connectivity index (χ4n) is 4.48. The summed E-state index contributed by atoms with van der Waals surface area (Å²) in [4.78, 5) is 38.5. The van der Waals surface area contributed by atoms with Crippen LogP contribution in [0, 0.1) is 0 Å². The second-order valence-corrected chi connectivity index (χ2v) is 9.06. The van der Waals surface area contributed by atoms with Crippen LogP contribution in [0.3, 0.4) is 0 Å². The van der Waals surface area contributed by atoms with Gasteiger partial charge in [-0.3, -0.25) is 9.78 Å². The van der Waals surface area contributed by atoms with E-state index in [2.05, 4.69) is 31.8 Å². The molecule has 0 radical (unpaired) electrons. The molecule has 4 aromatic heterocycles. The van der Waals surface area contributed by atoms with Gasteiger partial charge in [-0.1, -0.05) is 12.1 Å². The van der Waals surface area contributed by atoms with Gasteiger partial charge in [-0.15, -0.1) is 11.3 Å². The number of H-pyrrole nitrogens is 1. The van der Waals surface area contributed by atoms with Gasteiger partial charge in [0, 0.05) is 31.9 Å². The van der Waals surface area contributed by atoms with Crippen molar-refractivity contribution in [3.8, 4) is 11.5 Å². The lowest BCUT2D eigenvalue weighted by Crippen LogP contribution is -2.54. The van der Waals surface area contributed by atoms with Crippen LogP contribution in [0.25, 0.3) is 33.6 Å². The summed E-state index contributed by atoms with van der Waals surface area (Å²) >= 11 is 1.61. The molecule has 0 aliphatic carbocycles. The first-order chi connectivity index (χ1) is 16.2. The van der Waals surface area contributed by atoms with Crippen LogP contribution in [0.4, 0.5) is 5.00 Å². The van der Waals surface area contributed by atoms with Crippen LogP contribution in [0.1, 0.15) is 6.92 Å². The van der Waals surface area contributed by atoms with Gasteiger partial charge in [0.2, 0.25) is 5.91 Å². The van der Waals surface area contributed by atoms with E-state index in [-0.39, 0.29) is 18.5 Å². The minimum atomic E-state index is 0.0772. The Morgan fingerprint density at radius 3 is 2.97 bits per heavy atom. The molecule has 5 heterocycles. The number of aromatic amines is 1. The number of thiazole rings is 1. The van der Waals surface area contributed by atoms with E-state index in [0.717, 1.165) is 51.7 Å². The first-order valence-electron chi connectivity index (χ1n) is 10.9. The van der Waals surface area contributed by atoms with Gasteiger partial charge in [0.15, 0.2) is 5.82 Å². The fourth-order valence-corrected chi connectivity index (χ4v) is 5.32. The molecule has 6 rings (SSSR count). The quantitative estimate of drug-likeness (QED) is 0.444. The monoisotopic (exact) mass is 458 g/mol. The number of imidazole rings is 2. The van der Waals surface area contributed by atoms with Crippen molar-refractivity contribution >= 4 is 44.3 Å². The van der Waals surface area contributed by atoms with Crippen LogP contribution in [-0.2, 0) is 11.3 Å². The SMILES string of the molecule is C[C@@H]1CN(c2scnc2-c2nc3ccccc3[nH]2)CCN1C(=O)Cn1cnc2cnccc21. The first kappa shape index (κ1) is 19.9. The minimum Gasteiger partial charge on any atom is -0.358 e. The van der Waals surface area contributed by atoms with Crippen molar-refractivity contribution in [1.29, 1.82) is 0 Å². The van der Waals surface area contributed by atoms with Crippen LogP contribution in [-0.4, -0.2) is 66.0 Å². The summed E-state index contributed by atoms with van der Waals surface area (Å²) in [5.41, 5.74) is 6.37. The maximum atomic E-state index is 13.1. The second-order valence-electron chi connectivity index (χ2n) is 8.23. The van der Waals surface area contributed by atoms with Gasteiger partial charge in [-0.25, -0.2) is 15.0 Å². The van der Waals surface area contributed by atoms with Crippen LogP contribution in [0.5, 0.6) is 0 Å². The van der Waals surface area contributed by atoms with Crippen molar-refractivity contribution in [2.45, 2.75) is 19.5 Å². The molecule has 1 saturated heterocycles. The molecule has 1 atom stereocenters. The molecule has 1 aliphatic heterocycles. The molecular formula is C23H22N8OS. The number of hydrogen-bond acceptors (Lipinski definition) is 7. The van der Waals surface area contributed by atoms with Crippen LogP contribution >= 0.6 is 11.3 Å². The number of amides is 1. The van der Waals surface area contributed by atoms with Crippen LogP contribution < -0.4 is 4.90 Å². The topological polar surface area (TPSA) is 95.8 Å². The third kappa shape index (κ3) is 3.52. The molecule has 10 heteroatoms. The number of carbonyl (C=O) groups excluding carboxylic acids is 1. The number of hydrogen-bond donors (Lipinski definition) is 1. The lowest BCUT2D eigenvalue weighted by atomic mass is 10.2. The Balaban J connectivity index is 1.19. The van der Waals surface area contributed by atoms with Gasteiger partial charge < -0.3 is 19.4 Å². The predicted octanol–water partition coefficient (Wildman–Crippen LogP) is 3.17. The van der Waals surface area contributed by atoms with E-state index in [1.807, 2.05) is 45.3 Å². The standard InChI is InChI=1S/C23H22N8OS/c1-15-11-29(23-21(26-14-33-23)22-27-16-4-2-3-5-17(16)28-22)8-9-31(15)20(32)12-30-13-25-18-10-24-7-6-19(18)30/h2-7,10,13-15H,8-9,11-12H2,1H3,(H,27,28)/t15-/m1/s1. The number of rotatable bonds is 4. The normalized spacial score (nSPS) is 16.7. The number of aromatic nitrogens is 6. The zero-order valence-electron chi connectivity index (χ0n) is 18.0. The smallest absolute Gasteiger partial charge is 0.242 e. The molecular weight excluding hydrogens is 436 g/mol. The molecule has 33 heavy (non-hydrogen) atoms. The zero-order valence-corrected chi connectivity index (χ0v) is 18.9. The largest absolute Gasteiger partial charge is 0.358 e. The highest BCUT2D eigenvalue weighted by molar-refractivity contribution is 7.14. The minimum absolute atomic E-state index is 0.0772. The second kappa shape index (κ2) is 7.96. The van der Waals surface area contributed by atoms with Crippen LogP contribution in [0.2, 0.25) is 0 Å². The van der Waals surface area contributed by atoms with Crippen molar-refractivity contribution < 1.29 is 4.79 Å². The van der Waals surface area contributed by atoms with Crippen molar-refractivity contribution in [2.75, 3.05) is 24.5 Å². The Bertz CT molecular complexity index is 1420. The maximum absolute atomic E-state index is 13.1. The maximum Gasteiger partial charge on any atom is 0.242 e. The number of nitrogens with zero attached hydrogens (tertiary/aromatic N) is 7. The van der Waals surface area contributed by atoms with Gasteiger partial charge in [0.25, 0.3) is 0 Å². The molecule has 9 nitrogen and oxygen atoms in total. The van der Waals surface area contributed by atoms with Gasteiger partial charge in [0.05, 0.1) is 34.6 Å². The van der Waals surface area contributed by atoms with E-state index in [9.17, 15) is 4.79 Å². The van der Waals surface area contributed by atoms with Gasteiger partial charge in [0.1, 0.15) is 22.8 Å². The fraction of sp³-hybridized carbons (Fsp3) is 0.261. The summed E-state index contributed by atoms with van der Waals surface area (Å²) < 4.78 is 1.89. The molecule has 0 bridgehead atoms. The average molecular weight is 459 g/mol. The molecule has 1 amide bonds. The Labute approximate surface area is 193 Å². The summed E-state index contributed by atoms with van der Waals surface area (Å²) in [7, 11) is 0. The summed E-state index contributed by atoms with van der Waals surface area (Å²) in [6.45, 7) is 4.53. The number of para-hydroxylation sites is 2. The molecule has 1 aliphatic rings. The number of anilines is 1. The predicted molar refractivity (Wildman–Crippen MR) is 128 cm³/mol. The van der Waals surface area contributed by atoms with Gasteiger partial charge in [-0.2, -0.15) is 0 Å². The summed E-state index contributed by atoms with van der Waals surface area (Å²) in [6.07, 6.45) is 5.15. The molecule has 1 N–H and O–H groups in total. The third-order valence-corrected chi connectivity index (χ3v) is 7.01. The van der Waals surface area contributed by atoms with E-state index in [1.165, 1.54) is 0 Å². The number of benzene rings is 1. The van der Waals surface area contributed by atoms with Crippen LogP contribution in [0.15, 0.2) is 54.6 Å². The van der Waals surface area contributed by atoms with Gasteiger partial charge in [-0.05, 0) is 25.1 Å². The highest BCUT2D eigenvalue weighted by Crippen LogP contribution is 2.34. The number of piperazine rings is 1. The zero-order chi connectivity index (χ0) is 22.4. The van der Waals surface area contributed by atoms with Crippen molar-refractivity contribution in [2.24, 2.45) is 0 Å². The molecule has 166 valence electrons. The summed E-state index contributed by atoms with van der Waals surface area (Å²) in [6, 6.07) is 9.95. The number of pyridine rings is 1. The first-order valence-corrected chi connectivity index (χ1v) is 11.7. The third-order valence-electron chi connectivity index (χ3n) is 6.13. The summed E-state index contributed by atoms with van der Waals surface area (Å²) in [5, 5.41) is 1.08. The Morgan fingerprint density at radius 2 is 2.09 bits per heavy atom. The molecule has 0 unspecified atom stereocenters. The highest BCUT2D eigenvalue weighted by Gasteiger charge is 2.30. The Morgan fingerprint density at radius 1 is 1.18 bits per heavy atom. The average Bonchev–Trinajstić information content (AvgIpc) is 3.57. The molecule has 0 saturated carbocycles. The van der Waals surface area contributed by atoms with E-state index < -0.39 is 0 Å². The molecule has 5 aromatic rings. The number of nitrogens with one attached hydrogen (secondary N) is 1. The lowest BCUT2D eigenvalue weighted by molar-refractivity contribution is -0.134. The van der Waals surface area contributed by atoms with Crippen molar-refractivity contribution in [3.63, 3.8) is 0 Å². The molecule has 1 aromatic carbocycles. The number of carbonyl (C=O) groups is 1. The lowest BCUT2D eigenvalue weighted by Gasteiger charge is -2.40. The Hall–Kier alpha value is -3.79. The molecule has 1 fully saturated rings. The van der Waals surface area contributed by atoms with Crippen molar-refractivity contribution in [1.82, 2.24) is 34.4 Å². The van der Waals surface area contributed by atoms with Gasteiger partial charge >= 0.3 is 0 Å². The summed E-state index contributed by atoms with van der Waals surface area (Å²) in [5.74, 6) is 0.875. The Kier molecular flexibility index (Phi) is 4.79. The van der Waals surface area contributed by atoms with Crippen molar-refractivity contribution in [3.05, 3.63) is 54.6 Å². The number of fused-ring (bicyclic) bond motifs is 2.